The zero-order chi connectivity index (χ0) is 13.8. The van der Waals surface area contributed by atoms with Gasteiger partial charge in [0, 0.05) is 19.2 Å². The highest BCUT2D eigenvalue weighted by Gasteiger charge is 2.31. The van der Waals surface area contributed by atoms with Gasteiger partial charge in [-0.25, -0.2) is 0 Å². The van der Waals surface area contributed by atoms with E-state index in [1.54, 1.807) is 7.05 Å². The number of aromatic amines is 1. The van der Waals surface area contributed by atoms with Crippen LogP contribution in [0.25, 0.3) is 0 Å². The fourth-order valence-electron chi connectivity index (χ4n) is 1.19. The Morgan fingerprint density at radius 1 is 1.42 bits per heavy atom. The molecule has 0 fully saturated rings. The summed E-state index contributed by atoms with van der Waals surface area (Å²) in [6.07, 6.45) is -3.95. The standard InChI is InChI=1S/C10H12F3N3O2.ClH/c1-14-3-2-8(17)16-7-4-6(10(11,12)13)5-15-9(7)18;/h4-5,14H,2-3H2,1H3,(H,15,18)(H,16,17);1H. The van der Waals surface area contributed by atoms with E-state index >= 15 is 0 Å². The van der Waals surface area contributed by atoms with Gasteiger partial charge in [-0.2, -0.15) is 13.2 Å². The second-order valence-corrected chi connectivity index (χ2v) is 3.53. The van der Waals surface area contributed by atoms with Crippen molar-refractivity contribution < 1.29 is 18.0 Å². The van der Waals surface area contributed by atoms with Gasteiger partial charge in [0.2, 0.25) is 5.91 Å². The first-order valence-corrected chi connectivity index (χ1v) is 5.09. The van der Waals surface area contributed by atoms with Crippen molar-refractivity contribution in [3.8, 4) is 0 Å². The summed E-state index contributed by atoms with van der Waals surface area (Å²) in [6, 6.07) is 0.607. The highest BCUT2D eigenvalue weighted by Crippen LogP contribution is 2.29. The molecule has 0 aliphatic rings. The summed E-state index contributed by atoms with van der Waals surface area (Å²) in [6.45, 7) is 0.364. The largest absolute Gasteiger partial charge is 0.417 e. The summed E-state index contributed by atoms with van der Waals surface area (Å²) >= 11 is 0. The maximum absolute atomic E-state index is 12.4. The van der Waals surface area contributed by atoms with Gasteiger partial charge < -0.3 is 15.6 Å². The zero-order valence-electron chi connectivity index (χ0n) is 9.93. The van der Waals surface area contributed by atoms with Crippen LogP contribution in [0.2, 0.25) is 0 Å². The number of carbonyl (C=O) groups excluding carboxylic acids is 1. The van der Waals surface area contributed by atoms with Gasteiger partial charge in [-0.05, 0) is 13.1 Å². The minimum atomic E-state index is -4.57. The van der Waals surface area contributed by atoms with E-state index in [0.717, 1.165) is 0 Å². The third-order valence-electron chi connectivity index (χ3n) is 2.11. The Bertz CT molecular complexity index is 488. The van der Waals surface area contributed by atoms with E-state index in [1.165, 1.54) is 0 Å². The molecule has 1 aromatic rings. The molecular weight excluding hydrogens is 287 g/mol. The first kappa shape index (κ1) is 17.5. The molecule has 0 saturated heterocycles. The van der Waals surface area contributed by atoms with E-state index in [0.29, 0.717) is 18.8 Å². The number of hydrogen-bond acceptors (Lipinski definition) is 3. The zero-order valence-corrected chi connectivity index (χ0v) is 10.7. The molecular formula is C10H13ClF3N3O2. The molecule has 1 amide bonds. The van der Waals surface area contributed by atoms with Gasteiger partial charge in [0.25, 0.3) is 5.56 Å². The molecule has 0 unspecified atom stereocenters. The number of carbonyl (C=O) groups is 1. The highest BCUT2D eigenvalue weighted by molar-refractivity contribution is 5.90. The number of nitrogens with one attached hydrogen (secondary N) is 3. The molecule has 0 aromatic carbocycles. The minimum Gasteiger partial charge on any atom is -0.327 e. The van der Waals surface area contributed by atoms with Crippen molar-refractivity contribution in [3.05, 3.63) is 28.2 Å². The molecule has 0 bridgehead atoms. The van der Waals surface area contributed by atoms with E-state index in [9.17, 15) is 22.8 Å². The second-order valence-electron chi connectivity index (χ2n) is 3.53. The molecule has 3 N–H and O–H groups in total. The smallest absolute Gasteiger partial charge is 0.327 e. The predicted molar refractivity (Wildman–Crippen MR) is 66.5 cm³/mol. The molecule has 1 aromatic heterocycles. The highest BCUT2D eigenvalue weighted by atomic mass is 35.5. The number of pyridine rings is 1. The monoisotopic (exact) mass is 299 g/mol. The van der Waals surface area contributed by atoms with Crippen molar-refractivity contribution in [1.29, 1.82) is 0 Å². The SMILES string of the molecule is CNCCC(=O)Nc1cc(C(F)(F)F)c[nH]c1=O.Cl. The van der Waals surface area contributed by atoms with Crippen LogP contribution in [0.3, 0.4) is 0 Å². The van der Waals surface area contributed by atoms with Gasteiger partial charge >= 0.3 is 6.18 Å². The molecule has 0 aliphatic carbocycles. The van der Waals surface area contributed by atoms with Gasteiger partial charge in [0.15, 0.2) is 0 Å². The van der Waals surface area contributed by atoms with Crippen LogP contribution in [0.4, 0.5) is 18.9 Å². The predicted octanol–water partition coefficient (Wildman–Crippen LogP) is 1.36. The van der Waals surface area contributed by atoms with Gasteiger partial charge in [-0.3, -0.25) is 9.59 Å². The molecule has 5 nitrogen and oxygen atoms in total. The maximum atomic E-state index is 12.4. The first-order chi connectivity index (χ1) is 8.34. The quantitative estimate of drug-likeness (QED) is 0.786. The lowest BCUT2D eigenvalue weighted by Gasteiger charge is -2.09. The Balaban J connectivity index is 0.00000324. The molecule has 1 rings (SSSR count). The number of alkyl halides is 3. The lowest BCUT2D eigenvalue weighted by atomic mass is 10.2. The van der Waals surface area contributed by atoms with Gasteiger partial charge in [-0.1, -0.05) is 0 Å². The van der Waals surface area contributed by atoms with Crippen LogP contribution in [-0.2, 0) is 11.0 Å². The summed E-state index contributed by atoms with van der Waals surface area (Å²) in [7, 11) is 1.63. The number of rotatable bonds is 4. The van der Waals surface area contributed by atoms with Crippen molar-refractivity contribution in [3.63, 3.8) is 0 Å². The summed E-state index contributed by atoms with van der Waals surface area (Å²) in [5, 5.41) is 4.84. The first-order valence-electron chi connectivity index (χ1n) is 5.09. The summed E-state index contributed by atoms with van der Waals surface area (Å²) in [4.78, 5) is 24.5. The van der Waals surface area contributed by atoms with Crippen LogP contribution in [0.5, 0.6) is 0 Å². The van der Waals surface area contributed by atoms with Gasteiger partial charge in [0.1, 0.15) is 5.69 Å². The van der Waals surface area contributed by atoms with E-state index in [2.05, 4.69) is 10.6 Å². The fraction of sp³-hybridized carbons (Fsp3) is 0.400. The Morgan fingerprint density at radius 2 is 2.05 bits per heavy atom. The number of amides is 1. The minimum absolute atomic E-state index is 0. The van der Waals surface area contributed by atoms with Crippen LogP contribution in [0.15, 0.2) is 17.1 Å². The third-order valence-corrected chi connectivity index (χ3v) is 2.11. The number of halogens is 4. The Kier molecular flexibility index (Phi) is 6.57. The lowest BCUT2D eigenvalue weighted by Crippen LogP contribution is -2.23. The average molecular weight is 300 g/mol. The molecule has 0 atom stereocenters. The van der Waals surface area contributed by atoms with Crippen LogP contribution < -0.4 is 16.2 Å². The normalized spacial score (nSPS) is 10.7. The van der Waals surface area contributed by atoms with Gasteiger partial charge in [0.05, 0.1) is 5.56 Å². The second kappa shape index (κ2) is 7.15. The summed E-state index contributed by atoms with van der Waals surface area (Å²) in [5.41, 5.74) is -2.21. The fourth-order valence-corrected chi connectivity index (χ4v) is 1.19. The van der Waals surface area contributed by atoms with Crippen molar-refractivity contribution in [2.75, 3.05) is 18.9 Å². The van der Waals surface area contributed by atoms with Crippen LogP contribution >= 0.6 is 12.4 Å². The van der Waals surface area contributed by atoms with E-state index in [-0.39, 0.29) is 18.8 Å². The van der Waals surface area contributed by atoms with Crippen LogP contribution in [-0.4, -0.2) is 24.5 Å². The molecule has 108 valence electrons. The topological polar surface area (TPSA) is 74.0 Å². The molecule has 19 heavy (non-hydrogen) atoms. The number of hydrogen-bond donors (Lipinski definition) is 3. The van der Waals surface area contributed by atoms with E-state index < -0.39 is 28.9 Å². The van der Waals surface area contributed by atoms with Crippen LogP contribution in [0.1, 0.15) is 12.0 Å². The number of aromatic nitrogens is 1. The van der Waals surface area contributed by atoms with E-state index in [1.807, 2.05) is 4.98 Å². The number of H-pyrrole nitrogens is 1. The number of anilines is 1. The van der Waals surface area contributed by atoms with Crippen molar-refractivity contribution in [2.24, 2.45) is 0 Å². The van der Waals surface area contributed by atoms with Crippen molar-refractivity contribution in [1.82, 2.24) is 10.3 Å². The summed E-state index contributed by atoms with van der Waals surface area (Å²) < 4.78 is 37.2. The molecule has 9 heteroatoms. The lowest BCUT2D eigenvalue weighted by molar-refractivity contribution is -0.137. The Labute approximate surface area is 113 Å². The maximum Gasteiger partial charge on any atom is 0.417 e. The van der Waals surface area contributed by atoms with Crippen LogP contribution in [0, 0.1) is 0 Å². The Morgan fingerprint density at radius 3 is 2.58 bits per heavy atom. The molecule has 0 saturated carbocycles. The Hall–Kier alpha value is -1.54. The molecule has 1 heterocycles. The molecule has 0 spiro atoms. The van der Waals surface area contributed by atoms with Crippen molar-refractivity contribution >= 4 is 24.0 Å². The van der Waals surface area contributed by atoms with Crippen molar-refractivity contribution in [2.45, 2.75) is 12.6 Å². The summed E-state index contributed by atoms with van der Waals surface area (Å²) in [5.74, 6) is -0.533. The van der Waals surface area contributed by atoms with Gasteiger partial charge in [-0.15, -0.1) is 12.4 Å². The molecule has 0 aliphatic heterocycles. The van der Waals surface area contributed by atoms with E-state index in [4.69, 9.17) is 0 Å². The third kappa shape index (κ3) is 5.31. The average Bonchev–Trinajstić information content (AvgIpc) is 2.28. The molecule has 0 radical (unpaired) electrons.